The molecule has 1 fully saturated rings. The van der Waals surface area contributed by atoms with Crippen molar-refractivity contribution < 1.29 is 4.79 Å². The molecular formula is C19H26N4O. The summed E-state index contributed by atoms with van der Waals surface area (Å²) in [5.41, 5.74) is 4.87. The summed E-state index contributed by atoms with van der Waals surface area (Å²) in [6, 6.07) is 4.41. The van der Waals surface area contributed by atoms with Gasteiger partial charge in [-0.05, 0) is 55.9 Å². The summed E-state index contributed by atoms with van der Waals surface area (Å²) < 4.78 is 2.26. The van der Waals surface area contributed by atoms with Crippen molar-refractivity contribution in [1.82, 2.24) is 19.8 Å². The SMILES string of the molecule is C=CCNC(=O)N1CCC(Cn2cnc3cc(C)c(C)cc32)CC1. The number of hydrogen-bond donors (Lipinski definition) is 1. The van der Waals surface area contributed by atoms with Crippen LogP contribution in [0.4, 0.5) is 4.79 Å². The van der Waals surface area contributed by atoms with Crippen molar-refractivity contribution in [3.8, 4) is 0 Å². The van der Waals surface area contributed by atoms with Crippen LogP contribution < -0.4 is 5.32 Å². The second kappa shape index (κ2) is 7.07. The number of nitrogens with zero attached hydrogens (tertiary/aromatic N) is 3. The molecule has 1 saturated heterocycles. The molecule has 0 unspecified atom stereocenters. The number of aromatic nitrogens is 2. The van der Waals surface area contributed by atoms with Crippen molar-refractivity contribution in [2.75, 3.05) is 19.6 Å². The van der Waals surface area contributed by atoms with Crippen LogP contribution in [0.15, 0.2) is 31.1 Å². The first-order chi connectivity index (χ1) is 11.6. The zero-order valence-corrected chi connectivity index (χ0v) is 14.6. The summed E-state index contributed by atoms with van der Waals surface area (Å²) in [7, 11) is 0. The Balaban J connectivity index is 1.61. The summed E-state index contributed by atoms with van der Waals surface area (Å²) in [4.78, 5) is 18.4. The Bertz CT molecular complexity index is 741. The van der Waals surface area contributed by atoms with Crippen LogP contribution >= 0.6 is 0 Å². The molecule has 1 aromatic heterocycles. The summed E-state index contributed by atoms with van der Waals surface area (Å²) in [6.07, 6.45) is 5.73. The minimum Gasteiger partial charge on any atom is -0.335 e. The molecule has 5 nitrogen and oxygen atoms in total. The largest absolute Gasteiger partial charge is 0.335 e. The smallest absolute Gasteiger partial charge is 0.317 e. The minimum atomic E-state index is 0.0209. The van der Waals surface area contributed by atoms with Gasteiger partial charge < -0.3 is 14.8 Å². The van der Waals surface area contributed by atoms with E-state index in [1.54, 1.807) is 6.08 Å². The standard InChI is InChI=1S/C19H26N4O/c1-4-7-20-19(24)22-8-5-16(6-9-22)12-23-13-21-17-10-14(2)15(3)11-18(17)23/h4,10-11,13,16H,1,5-9,12H2,2-3H3,(H,20,24). The molecule has 0 spiro atoms. The van der Waals surface area contributed by atoms with Crippen LogP contribution in [0.25, 0.3) is 11.0 Å². The fourth-order valence-electron chi connectivity index (χ4n) is 3.33. The molecule has 1 N–H and O–H groups in total. The lowest BCUT2D eigenvalue weighted by molar-refractivity contribution is 0.167. The number of amides is 2. The second-order valence-electron chi connectivity index (χ2n) is 6.73. The van der Waals surface area contributed by atoms with Gasteiger partial charge in [-0.2, -0.15) is 0 Å². The number of piperidine rings is 1. The lowest BCUT2D eigenvalue weighted by atomic mass is 9.97. The van der Waals surface area contributed by atoms with Crippen molar-refractivity contribution in [1.29, 1.82) is 0 Å². The van der Waals surface area contributed by atoms with Gasteiger partial charge in [0.2, 0.25) is 0 Å². The van der Waals surface area contributed by atoms with Crippen LogP contribution in [0.3, 0.4) is 0 Å². The van der Waals surface area contributed by atoms with Crippen molar-refractivity contribution in [3.05, 3.63) is 42.2 Å². The molecular weight excluding hydrogens is 300 g/mol. The topological polar surface area (TPSA) is 50.2 Å². The van der Waals surface area contributed by atoms with E-state index in [0.29, 0.717) is 12.5 Å². The van der Waals surface area contributed by atoms with E-state index in [9.17, 15) is 4.79 Å². The maximum atomic E-state index is 12.0. The van der Waals surface area contributed by atoms with Gasteiger partial charge in [-0.15, -0.1) is 6.58 Å². The van der Waals surface area contributed by atoms with Gasteiger partial charge in [0, 0.05) is 26.2 Å². The predicted octanol–water partition coefficient (Wildman–Crippen LogP) is 3.26. The van der Waals surface area contributed by atoms with E-state index >= 15 is 0 Å². The first-order valence-electron chi connectivity index (χ1n) is 8.64. The lowest BCUT2D eigenvalue weighted by Crippen LogP contribution is -2.44. The third kappa shape index (κ3) is 3.45. The summed E-state index contributed by atoms with van der Waals surface area (Å²) in [5, 5.41) is 2.85. The van der Waals surface area contributed by atoms with Gasteiger partial charge in [0.1, 0.15) is 0 Å². The van der Waals surface area contributed by atoms with Gasteiger partial charge in [0.25, 0.3) is 0 Å². The number of benzene rings is 1. The molecule has 0 saturated carbocycles. The molecule has 0 radical (unpaired) electrons. The van der Waals surface area contributed by atoms with Crippen molar-refractivity contribution in [2.45, 2.75) is 33.2 Å². The Morgan fingerprint density at radius 1 is 1.33 bits per heavy atom. The Labute approximate surface area is 143 Å². The van der Waals surface area contributed by atoms with Crippen LogP contribution in [-0.2, 0) is 6.54 Å². The highest BCUT2D eigenvalue weighted by atomic mass is 16.2. The fraction of sp³-hybridized carbons (Fsp3) is 0.474. The maximum Gasteiger partial charge on any atom is 0.317 e. The van der Waals surface area contributed by atoms with Gasteiger partial charge in [0.15, 0.2) is 0 Å². The molecule has 0 atom stereocenters. The van der Waals surface area contributed by atoms with Crippen LogP contribution in [0.5, 0.6) is 0 Å². The number of carbonyl (C=O) groups is 1. The number of imidazole rings is 1. The number of carbonyl (C=O) groups excluding carboxylic acids is 1. The number of hydrogen-bond acceptors (Lipinski definition) is 2. The number of rotatable bonds is 4. The van der Waals surface area contributed by atoms with Crippen LogP contribution in [0, 0.1) is 19.8 Å². The normalized spacial score (nSPS) is 15.7. The molecule has 2 amide bonds. The molecule has 5 heteroatoms. The number of likely N-dealkylation sites (tertiary alicyclic amines) is 1. The van der Waals surface area contributed by atoms with E-state index in [2.05, 4.69) is 47.4 Å². The highest BCUT2D eigenvalue weighted by molar-refractivity contribution is 5.77. The van der Waals surface area contributed by atoms with Gasteiger partial charge in [-0.3, -0.25) is 0 Å². The zero-order valence-electron chi connectivity index (χ0n) is 14.6. The van der Waals surface area contributed by atoms with Crippen molar-refractivity contribution in [2.24, 2.45) is 5.92 Å². The summed E-state index contributed by atoms with van der Waals surface area (Å²) >= 11 is 0. The van der Waals surface area contributed by atoms with Crippen molar-refractivity contribution >= 4 is 17.1 Å². The van der Waals surface area contributed by atoms with Gasteiger partial charge in [-0.25, -0.2) is 9.78 Å². The zero-order chi connectivity index (χ0) is 17.1. The molecule has 128 valence electrons. The van der Waals surface area contributed by atoms with Gasteiger partial charge in [-0.1, -0.05) is 6.08 Å². The van der Waals surface area contributed by atoms with Crippen molar-refractivity contribution in [3.63, 3.8) is 0 Å². The van der Waals surface area contributed by atoms with Gasteiger partial charge >= 0.3 is 6.03 Å². The Hall–Kier alpha value is -2.30. The van der Waals surface area contributed by atoms with E-state index in [-0.39, 0.29) is 6.03 Å². The molecule has 1 aliphatic heterocycles. The Kier molecular flexibility index (Phi) is 4.88. The minimum absolute atomic E-state index is 0.0209. The average Bonchev–Trinajstić information content (AvgIpc) is 2.95. The van der Waals surface area contributed by atoms with E-state index < -0.39 is 0 Å². The molecule has 2 aromatic rings. The third-order valence-corrected chi connectivity index (χ3v) is 4.99. The number of fused-ring (bicyclic) bond motifs is 1. The monoisotopic (exact) mass is 326 g/mol. The molecule has 1 aromatic carbocycles. The van der Waals surface area contributed by atoms with E-state index in [4.69, 9.17) is 0 Å². The third-order valence-electron chi connectivity index (χ3n) is 4.99. The Morgan fingerprint density at radius 3 is 2.75 bits per heavy atom. The van der Waals surface area contributed by atoms with Crippen LogP contribution in [-0.4, -0.2) is 40.1 Å². The summed E-state index contributed by atoms with van der Waals surface area (Å²) in [6.45, 7) is 11.0. The van der Waals surface area contributed by atoms with Crippen LogP contribution in [0.1, 0.15) is 24.0 Å². The number of aryl methyl sites for hydroxylation is 2. The molecule has 3 rings (SSSR count). The first kappa shape index (κ1) is 16.6. The number of nitrogens with one attached hydrogen (secondary N) is 1. The summed E-state index contributed by atoms with van der Waals surface area (Å²) in [5.74, 6) is 0.590. The quantitative estimate of drug-likeness (QED) is 0.877. The Morgan fingerprint density at radius 2 is 2.04 bits per heavy atom. The van der Waals surface area contributed by atoms with E-state index in [0.717, 1.165) is 38.0 Å². The predicted molar refractivity (Wildman–Crippen MR) is 97.1 cm³/mol. The molecule has 2 heterocycles. The first-order valence-corrected chi connectivity index (χ1v) is 8.64. The molecule has 1 aliphatic rings. The molecule has 24 heavy (non-hydrogen) atoms. The highest BCUT2D eigenvalue weighted by Crippen LogP contribution is 2.23. The van der Waals surface area contributed by atoms with Gasteiger partial charge in [0.05, 0.1) is 17.4 Å². The highest BCUT2D eigenvalue weighted by Gasteiger charge is 2.23. The molecule has 0 bridgehead atoms. The lowest BCUT2D eigenvalue weighted by Gasteiger charge is -2.32. The maximum absolute atomic E-state index is 12.0. The van der Waals surface area contributed by atoms with Crippen LogP contribution in [0.2, 0.25) is 0 Å². The van der Waals surface area contributed by atoms with E-state index in [1.165, 1.54) is 16.6 Å². The molecule has 0 aliphatic carbocycles. The fourth-order valence-corrected chi connectivity index (χ4v) is 3.33. The second-order valence-corrected chi connectivity index (χ2v) is 6.73. The number of urea groups is 1. The van der Waals surface area contributed by atoms with E-state index in [1.807, 2.05) is 11.2 Å². The average molecular weight is 326 g/mol.